The van der Waals surface area contributed by atoms with E-state index in [1.54, 1.807) is 37.2 Å². The molecular formula is C13H13Cl2N3O2S. The summed E-state index contributed by atoms with van der Waals surface area (Å²) in [5.41, 5.74) is 0.979. The maximum absolute atomic E-state index is 12.3. The fourth-order valence-corrected chi connectivity index (χ4v) is 3.24. The van der Waals surface area contributed by atoms with Gasteiger partial charge in [-0.1, -0.05) is 29.3 Å². The summed E-state index contributed by atoms with van der Waals surface area (Å²) in [4.78, 5) is 5.53. The molecule has 8 heteroatoms. The molecule has 2 aromatic rings. The van der Waals surface area contributed by atoms with E-state index < -0.39 is 10.0 Å². The van der Waals surface area contributed by atoms with Crippen molar-refractivity contribution in [3.63, 3.8) is 0 Å². The van der Waals surface area contributed by atoms with Crippen molar-refractivity contribution in [3.8, 4) is 0 Å². The second-order valence-electron chi connectivity index (χ2n) is 4.45. The zero-order valence-electron chi connectivity index (χ0n) is 11.3. The number of aromatic nitrogens is 1. The summed E-state index contributed by atoms with van der Waals surface area (Å²) in [6.45, 7) is 0. The van der Waals surface area contributed by atoms with E-state index in [2.05, 4.69) is 9.71 Å². The lowest BCUT2D eigenvalue weighted by Gasteiger charge is -2.19. The summed E-state index contributed by atoms with van der Waals surface area (Å²) >= 11 is 11.8. The Hall–Kier alpha value is -1.50. The quantitative estimate of drug-likeness (QED) is 0.864. The second kappa shape index (κ2) is 6.09. The summed E-state index contributed by atoms with van der Waals surface area (Å²) in [5.74, 6) is 0. The van der Waals surface area contributed by atoms with Gasteiger partial charge in [0.1, 0.15) is 10.0 Å². The van der Waals surface area contributed by atoms with E-state index in [1.807, 2.05) is 0 Å². The van der Waals surface area contributed by atoms with Gasteiger partial charge in [-0.25, -0.2) is 13.4 Å². The Morgan fingerprint density at radius 2 is 1.86 bits per heavy atom. The molecule has 1 aromatic carbocycles. The molecule has 0 unspecified atom stereocenters. The van der Waals surface area contributed by atoms with Crippen LogP contribution in [0.5, 0.6) is 0 Å². The minimum absolute atomic E-state index is 0.0246. The van der Waals surface area contributed by atoms with Gasteiger partial charge in [-0.15, -0.1) is 0 Å². The van der Waals surface area contributed by atoms with Gasteiger partial charge in [0, 0.05) is 20.3 Å². The lowest BCUT2D eigenvalue weighted by Crippen LogP contribution is -2.17. The summed E-state index contributed by atoms with van der Waals surface area (Å²) in [6.07, 6.45) is 1.20. The highest BCUT2D eigenvalue weighted by Crippen LogP contribution is 2.33. The summed E-state index contributed by atoms with van der Waals surface area (Å²) in [6, 6.07) is 7.81. The Balaban J connectivity index is 2.42. The van der Waals surface area contributed by atoms with Crippen molar-refractivity contribution in [2.45, 2.75) is 4.90 Å². The van der Waals surface area contributed by atoms with E-state index >= 15 is 0 Å². The van der Waals surface area contributed by atoms with Gasteiger partial charge in [-0.3, -0.25) is 4.72 Å². The summed E-state index contributed by atoms with van der Waals surface area (Å²) in [7, 11) is -0.198. The number of hydrogen-bond acceptors (Lipinski definition) is 4. The van der Waals surface area contributed by atoms with Gasteiger partial charge in [0.2, 0.25) is 0 Å². The lowest BCUT2D eigenvalue weighted by molar-refractivity contribution is 0.601. The molecule has 2 rings (SSSR count). The van der Waals surface area contributed by atoms with Gasteiger partial charge in [0.25, 0.3) is 10.0 Å². The molecule has 21 heavy (non-hydrogen) atoms. The van der Waals surface area contributed by atoms with Crippen molar-refractivity contribution in [1.29, 1.82) is 0 Å². The van der Waals surface area contributed by atoms with Crippen LogP contribution in [-0.2, 0) is 10.0 Å². The highest BCUT2D eigenvalue weighted by Gasteiger charge is 2.18. The van der Waals surface area contributed by atoms with Crippen molar-refractivity contribution in [2.24, 2.45) is 0 Å². The molecule has 0 aliphatic carbocycles. The number of nitrogens with zero attached hydrogens (tertiary/aromatic N) is 2. The number of nitrogens with one attached hydrogen (secondary N) is 1. The minimum Gasteiger partial charge on any atom is -0.375 e. The third kappa shape index (κ3) is 3.58. The first-order valence-electron chi connectivity index (χ1n) is 5.91. The molecule has 0 bridgehead atoms. The fraction of sp³-hybridized carbons (Fsp3) is 0.154. The molecule has 0 spiro atoms. The molecule has 0 saturated carbocycles. The maximum atomic E-state index is 12.3. The number of hydrogen-bond donors (Lipinski definition) is 1. The van der Waals surface area contributed by atoms with E-state index in [4.69, 9.17) is 23.2 Å². The largest absolute Gasteiger partial charge is 0.375 e. The van der Waals surface area contributed by atoms with Crippen LogP contribution < -0.4 is 9.62 Å². The fourth-order valence-electron chi connectivity index (χ4n) is 1.78. The molecule has 0 aliphatic heterocycles. The van der Waals surface area contributed by atoms with E-state index in [1.165, 1.54) is 18.3 Å². The van der Waals surface area contributed by atoms with Gasteiger partial charge < -0.3 is 4.90 Å². The molecule has 0 amide bonds. The van der Waals surface area contributed by atoms with Gasteiger partial charge in [-0.05, 0) is 24.3 Å². The third-order valence-electron chi connectivity index (χ3n) is 2.69. The summed E-state index contributed by atoms with van der Waals surface area (Å²) in [5, 5.41) is 0.681. The van der Waals surface area contributed by atoms with Gasteiger partial charge in [0.05, 0.1) is 16.4 Å². The van der Waals surface area contributed by atoms with Gasteiger partial charge in [-0.2, -0.15) is 0 Å². The highest BCUT2D eigenvalue weighted by molar-refractivity contribution is 7.92. The molecule has 0 aliphatic rings. The van der Waals surface area contributed by atoms with Crippen LogP contribution in [0.1, 0.15) is 0 Å². The number of halogens is 2. The number of rotatable bonds is 4. The zero-order valence-corrected chi connectivity index (χ0v) is 13.7. The maximum Gasteiger partial charge on any atom is 0.263 e. The number of sulfonamides is 1. The van der Waals surface area contributed by atoms with Crippen molar-refractivity contribution >= 4 is 44.6 Å². The Morgan fingerprint density at radius 1 is 1.14 bits per heavy atom. The van der Waals surface area contributed by atoms with E-state index in [9.17, 15) is 8.42 Å². The van der Waals surface area contributed by atoms with E-state index in [-0.39, 0.29) is 10.0 Å². The second-order valence-corrected chi connectivity index (χ2v) is 6.93. The van der Waals surface area contributed by atoms with Crippen LogP contribution in [0.25, 0.3) is 0 Å². The monoisotopic (exact) mass is 345 g/mol. The van der Waals surface area contributed by atoms with Crippen LogP contribution in [0.3, 0.4) is 0 Å². The van der Waals surface area contributed by atoms with E-state index in [0.29, 0.717) is 16.4 Å². The van der Waals surface area contributed by atoms with Crippen LogP contribution in [0.2, 0.25) is 10.2 Å². The Kier molecular flexibility index (Phi) is 4.61. The first-order valence-corrected chi connectivity index (χ1v) is 8.15. The molecule has 0 radical (unpaired) electrons. The van der Waals surface area contributed by atoms with Crippen molar-refractivity contribution < 1.29 is 8.42 Å². The Labute approximate surface area is 133 Å². The normalized spacial score (nSPS) is 11.2. The molecule has 0 fully saturated rings. The zero-order chi connectivity index (χ0) is 15.6. The lowest BCUT2D eigenvalue weighted by atomic mass is 10.2. The smallest absolute Gasteiger partial charge is 0.263 e. The molecule has 5 nitrogen and oxygen atoms in total. The third-order valence-corrected chi connectivity index (χ3v) is 4.57. The summed E-state index contributed by atoms with van der Waals surface area (Å²) < 4.78 is 27.2. The average Bonchev–Trinajstić information content (AvgIpc) is 2.38. The number of pyridine rings is 1. The van der Waals surface area contributed by atoms with Crippen molar-refractivity contribution in [3.05, 3.63) is 46.7 Å². The first-order chi connectivity index (χ1) is 9.81. The predicted molar refractivity (Wildman–Crippen MR) is 85.8 cm³/mol. The predicted octanol–water partition coefficient (Wildman–Crippen LogP) is 3.26. The molecule has 1 N–H and O–H groups in total. The van der Waals surface area contributed by atoms with Crippen LogP contribution in [0.15, 0.2) is 41.4 Å². The average molecular weight is 346 g/mol. The minimum atomic E-state index is -3.76. The Bertz CT molecular complexity index is 747. The molecule has 1 heterocycles. The molecule has 1 aromatic heterocycles. The van der Waals surface area contributed by atoms with Crippen LogP contribution >= 0.6 is 23.2 Å². The van der Waals surface area contributed by atoms with Crippen molar-refractivity contribution in [2.75, 3.05) is 23.7 Å². The highest BCUT2D eigenvalue weighted by atomic mass is 35.5. The SMILES string of the molecule is CN(C)c1c(Cl)cccc1NS(=O)(=O)c1ccc(Cl)nc1. The van der Waals surface area contributed by atoms with Crippen molar-refractivity contribution in [1.82, 2.24) is 4.98 Å². The molecule has 112 valence electrons. The van der Waals surface area contributed by atoms with E-state index in [0.717, 1.165) is 0 Å². The number of benzene rings is 1. The van der Waals surface area contributed by atoms with Crippen LogP contribution in [0.4, 0.5) is 11.4 Å². The topological polar surface area (TPSA) is 62.3 Å². The van der Waals surface area contributed by atoms with Gasteiger partial charge in [0.15, 0.2) is 0 Å². The Morgan fingerprint density at radius 3 is 2.43 bits per heavy atom. The van der Waals surface area contributed by atoms with Crippen LogP contribution in [-0.4, -0.2) is 27.5 Å². The standard InChI is InChI=1S/C13H13Cl2N3O2S/c1-18(2)13-10(14)4-3-5-11(13)17-21(19,20)9-6-7-12(15)16-8-9/h3-8,17H,1-2H3. The van der Waals surface area contributed by atoms with Crippen LogP contribution in [0, 0.1) is 0 Å². The number of para-hydroxylation sites is 1. The van der Waals surface area contributed by atoms with Gasteiger partial charge >= 0.3 is 0 Å². The molecular weight excluding hydrogens is 333 g/mol. The molecule has 0 saturated heterocycles. The first kappa shape index (κ1) is 15.9. The number of anilines is 2. The molecule has 0 atom stereocenters.